The van der Waals surface area contributed by atoms with Gasteiger partial charge in [0.25, 0.3) is 5.89 Å². The highest BCUT2D eigenvalue weighted by Gasteiger charge is 2.33. The standard InChI is InChI=1S/C20H18ClN3O5S/c1-12-9-15-10-14(5-8-17(15)24(12)30(2,26)27)20(25)28-11-18-22-23-19(29-18)13-3-6-16(21)7-4-13/h3-8,10,12H,9,11H2,1-2H3. The zero-order chi connectivity index (χ0) is 21.5. The molecule has 0 bridgehead atoms. The number of sulfonamides is 1. The predicted octanol–water partition coefficient (Wildman–Crippen LogP) is 3.46. The van der Waals surface area contributed by atoms with Crippen LogP contribution >= 0.6 is 11.6 Å². The first-order valence-electron chi connectivity index (χ1n) is 9.10. The Morgan fingerprint density at radius 1 is 1.23 bits per heavy atom. The molecule has 1 atom stereocenters. The second-order valence-corrected chi connectivity index (χ2v) is 9.34. The van der Waals surface area contributed by atoms with Crippen molar-refractivity contribution in [3.8, 4) is 11.5 Å². The number of carbonyl (C=O) groups is 1. The number of esters is 1. The average molecular weight is 448 g/mol. The van der Waals surface area contributed by atoms with Gasteiger partial charge in [0.05, 0.1) is 17.5 Å². The van der Waals surface area contributed by atoms with Gasteiger partial charge in [-0.05, 0) is 61.4 Å². The van der Waals surface area contributed by atoms with Gasteiger partial charge in [0, 0.05) is 16.6 Å². The molecule has 1 aliphatic heterocycles. The van der Waals surface area contributed by atoms with Crippen molar-refractivity contribution in [2.24, 2.45) is 0 Å². The van der Waals surface area contributed by atoms with Crippen molar-refractivity contribution in [1.29, 1.82) is 0 Å². The Balaban J connectivity index is 1.44. The number of aromatic nitrogens is 2. The van der Waals surface area contributed by atoms with E-state index in [0.29, 0.717) is 34.1 Å². The zero-order valence-electron chi connectivity index (χ0n) is 16.2. The maximum Gasteiger partial charge on any atom is 0.338 e. The third kappa shape index (κ3) is 4.03. The Kier molecular flexibility index (Phi) is 5.25. The number of ether oxygens (including phenoxy) is 1. The molecule has 1 unspecified atom stereocenters. The molecule has 1 aromatic heterocycles. The third-order valence-electron chi connectivity index (χ3n) is 4.71. The number of rotatable bonds is 5. The van der Waals surface area contributed by atoms with Crippen LogP contribution in [0.2, 0.25) is 5.02 Å². The van der Waals surface area contributed by atoms with Gasteiger partial charge < -0.3 is 9.15 Å². The highest BCUT2D eigenvalue weighted by molar-refractivity contribution is 7.92. The lowest BCUT2D eigenvalue weighted by atomic mass is 10.1. The van der Waals surface area contributed by atoms with Crippen molar-refractivity contribution >= 4 is 33.3 Å². The van der Waals surface area contributed by atoms with Gasteiger partial charge in [-0.1, -0.05) is 11.6 Å². The summed E-state index contributed by atoms with van der Waals surface area (Å²) >= 11 is 5.86. The number of carbonyl (C=O) groups excluding carboxylic acids is 1. The molecule has 2 heterocycles. The summed E-state index contributed by atoms with van der Waals surface area (Å²) in [6.45, 7) is 1.65. The molecule has 0 amide bonds. The van der Waals surface area contributed by atoms with Crippen LogP contribution in [-0.2, 0) is 27.8 Å². The number of anilines is 1. The summed E-state index contributed by atoms with van der Waals surface area (Å²) in [4.78, 5) is 12.4. The first-order valence-corrected chi connectivity index (χ1v) is 11.3. The molecule has 0 aliphatic carbocycles. The van der Waals surface area contributed by atoms with E-state index in [2.05, 4.69) is 10.2 Å². The van der Waals surface area contributed by atoms with Gasteiger partial charge in [0.1, 0.15) is 0 Å². The van der Waals surface area contributed by atoms with Crippen molar-refractivity contribution < 1.29 is 22.4 Å². The maximum atomic E-state index is 12.4. The Morgan fingerprint density at radius 2 is 1.97 bits per heavy atom. The van der Waals surface area contributed by atoms with E-state index < -0.39 is 16.0 Å². The molecule has 4 rings (SSSR count). The van der Waals surface area contributed by atoms with E-state index in [1.165, 1.54) is 10.6 Å². The van der Waals surface area contributed by atoms with Gasteiger partial charge in [-0.2, -0.15) is 0 Å². The lowest BCUT2D eigenvalue weighted by Crippen LogP contribution is -2.34. The molecule has 0 fully saturated rings. The first kappa shape index (κ1) is 20.4. The van der Waals surface area contributed by atoms with Crippen molar-refractivity contribution in [2.75, 3.05) is 10.6 Å². The fourth-order valence-electron chi connectivity index (χ4n) is 3.47. The number of benzene rings is 2. The molecular weight excluding hydrogens is 430 g/mol. The van der Waals surface area contributed by atoms with Crippen LogP contribution in [0.4, 0.5) is 5.69 Å². The average Bonchev–Trinajstić information content (AvgIpc) is 3.29. The maximum absolute atomic E-state index is 12.4. The quantitative estimate of drug-likeness (QED) is 0.552. The van der Waals surface area contributed by atoms with Crippen molar-refractivity contribution in [2.45, 2.75) is 26.0 Å². The highest BCUT2D eigenvalue weighted by Crippen LogP contribution is 2.34. The van der Waals surface area contributed by atoms with Crippen LogP contribution < -0.4 is 4.31 Å². The molecular formula is C20H18ClN3O5S. The molecule has 156 valence electrons. The fraction of sp³-hybridized carbons (Fsp3) is 0.250. The van der Waals surface area contributed by atoms with Gasteiger partial charge in [-0.25, -0.2) is 13.2 Å². The smallest absolute Gasteiger partial charge is 0.338 e. The van der Waals surface area contributed by atoms with E-state index in [4.69, 9.17) is 20.8 Å². The summed E-state index contributed by atoms with van der Waals surface area (Å²) in [5.74, 6) is -0.106. The molecule has 0 radical (unpaired) electrons. The second kappa shape index (κ2) is 7.73. The summed E-state index contributed by atoms with van der Waals surface area (Å²) in [7, 11) is -3.39. The monoisotopic (exact) mass is 447 g/mol. The van der Waals surface area contributed by atoms with Gasteiger partial charge in [-0.15, -0.1) is 10.2 Å². The van der Waals surface area contributed by atoms with Gasteiger partial charge in [0.2, 0.25) is 15.9 Å². The minimum atomic E-state index is -3.39. The normalized spacial score (nSPS) is 15.8. The Hall–Kier alpha value is -2.91. The minimum absolute atomic E-state index is 0.159. The van der Waals surface area contributed by atoms with Gasteiger partial charge >= 0.3 is 5.97 Å². The van der Waals surface area contributed by atoms with Crippen molar-refractivity contribution in [3.05, 3.63) is 64.5 Å². The molecule has 0 saturated heterocycles. The first-order chi connectivity index (χ1) is 14.2. The summed E-state index contributed by atoms with van der Waals surface area (Å²) in [6, 6.07) is 11.5. The summed E-state index contributed by atoms with van der Waals surface area (Å²) < 4.78 is 36.2. The predicted molar refractivity (Wildman–Crippen MR) is 111 cm³/mol. The van der Waals surface area contributed by atoms with Gasteiger partial charge in [0.15, 0.2) is 6.61 Å². The van der Waals surface area contributed by atoms with E-state index in [1.54, 1.807) is 42.5 Å². The number of nitrogens with zero attached hydrogens (tertiary/aromatic N) is 3. The zero-order valence-corrected chi connectivity index (χ0v) is 17.8. The number of hydrogen-bond donors (Lipinski definition) is 0. The van der Waals surface area contributed by atoms with Crippen LogP contribution in [0.15, 0.2) is 46.9 Å². The topological polar surface area (TPSA) is 103 Å². The summed E-state index contributed by atoms with van der Waals surface area (Å²) in [5.41, 5.74) is 2.40. The third-order valence-corrected chi connectivity index (χ3v) is 6.23. The molecule has 0 spiro atoms. The molecule has 10 heteroatoms. The lowest BCUT2D eigenvalue weighted by Gasteiger charge is -2.21. The van der Waals surface area contributed by atoms with E-state index in [-0.39, 0.29) is 18.5 Å². The van der Waals surface area contributed by atoms with E-state index in [1.807, 2.05) is 6.92 Å². The molecule has 30 heavy (non-hydrogen) atoms. The van der Waals surface area contributed by atoms with Crippen molar-refractivity contribution in [1.82, 2.24) is 10.2 Å². The van der Waals surface area contributed by atoms with E-state index in [9.17, 15) is 13.2 Å². The summed E-state index contributed by atoms with van der Waals surface area (Å²) in [6.07, 6.45) is 1.70. The fourth-order valence-corrected chi connectivity index (χ4v) is 4.86. The Bertz CT molecular complexity index is 1210. The number of halogens is 1. The van der Waals surface area contributed by atoms with Crippen LogP contribution in [0, 0.1) is 0 Å². The molecule has 3 aromatic rings. The van der Waals surface area contributed by atoms with Gasteiger partial charge in [-0.3, -0.25) is 4.31 Å². The lowest BCUT2D eigenvalue weighted by molar-refractivity contribution is 0.0438. The Morgan fingerprint density at radius 3 is 2.67 bits per heavy atom. The summed E-state index contributed by atoms with van der Waals surface area (Å²) in [5, 5.41) is 8.42. The van der Waals surface area contributed by atoms with Crippen LogP contribution in [0.1, 0.15) is 28.7 Å². The SMILES string of the molecule is CC1Cc2cc(C(=O)OCc3nnc(-c4ccc(Cl)cc4)o3)ccc2N1S(C)(=O)=O. The molecule has 0 N–H and O–H groups in total. The molecule has 1 aliphatic rings. The van der Waals surface area contributed by atoms with Crippen LogP contribution in [0.3, 0.4) is 0 Å². The second-order valence-electron chi connectivity index (χ2n) is 7.04. The van der Waals surface area contributed by atoms with Crippen LogP contribution in [-0.4, -0.2) is 36.9 Å². The largest absolute Gasteiger partial charge is 0.452 e. The van der Waals surface area contributed by atoms with Crippen molar-refractivity contribution in [3.63, 3.8) is 0 Å². The minimum Gasteiger partial charge on any atom is -0.452 e. The molecule has 8 nitrogen and oxygen atoms in total. The van der Waals surface area contributed by atoms with E-state index in [0.717, 1.165) is 5.56 Å². The van der Waals surface area contributed by atoms with E-state index >= 15 is 0 Å². The molecule has 0 saturated carbocycles. The highest BCUT2D eigenvalue weighted by atomic mass is 35.5. The van der Waals surface area contributed by atoms with Crippen LogP contribution in [0.5, 0.6) is 0 Å². The number of hydrogen-bond acceptors (Lipinski definition) is 7. The van der Waals surface area contributed by atoms with Crippen LogP contribution in [0.25, 0.3) is 11.5 Å². The Labute approximate surface area is 178 Å². The number of fused-ring (bicyclic) bond motifs is 1. The molecule has 2 aromatic carbocycles.